The maximum atomic E-state index is 5.54. The molecule has 5 heteroatoms. The van der Waals surface area contributed by atoms with Gasteiger partial charge < -0.3 is 15.4 Å². The first-order valence-corrected chi connectivity index (χ1v) is 7.10. The largest absolute Gasteiger partial charge is 0.380 e. The zero-order valence-corrected chi connectivity index (χ0v) is 12.3. The molecule has 0 unspecified atom stereocenters. The first kappa shape index (κ1) is 15.7. The molecule has 0 bridgehead atoms. The molecule has 1 aromatic heterocycles. The first-order chi connectivity index (χ1) is 9.22. The SMILES string of the molecule is CCCNc1cncc(NCCOCCC(C)C)n1. The molecule has 0 amide bonds. The number of rotatable bonds is 10. The summed E-state index contributed by atoms with van der Waals surface area (Å²) < 4.78 is 5.54. The maximum Gasteiger partial charge on any atom is 0.147 e. The van der Waals surface area contributed by atoms with Gasteiger partial charge in [0.1, 0.15) is 11.6 Å². The average molecular weight is 266 g/mol. The van der Waals surface area contributed by atoms with E-state index < -0.39 is 0 Å². The minimum Gasteiger partial charge on any atom is -0.380 e. The number of hydrogen-bond donors (Lipinski definition) is 2. The zero-order valence-electron chi connectivity index (χ0n) is 12.3. The molecule has 1 rings (SSSR count). The summed E-state index contributed by atoms with van der Waals surface area (Å²) in [6.07, 6.45) is 5.64. The highest BCUT2D eigenvalue weighted by Gasteiger charge is 1.98. The molecule has 0 spiro atoms. The predicted octanol–water partition coefficient (Wildman–Crippen LogP) is 2.77. The third-order valence-corrected chi connectivity index (χ3v) is 2.58. The number of anilines is 2. The van der Waals surface area contributed by atoms with Gasteiger partial charge in [-0.15, -0.1) is 0 Å². The molecule has 2 N–H and O–H groups in total. The highest BCUT2D eigenvalue weighted by Crippen LogP contribution is 2.06. The van der Waals surface area contributed by atoms with E-state index in [-0.39, 0.29) is 0 Å². The van der Waals surface area contributed by atoms with E-state index in [2.05, 4.69) is 41.4 Å². The van der Waals surface area contributed by atoms with Crippen LogP contribution in [0, 0.1) is 5.92 Å². The van der Waals surface area contributed by atoms with Crippen molar-refractivity contribution in [2.75, 3.05) is 36.9 Å². The summed E-state index contributed by atoms with van der Waals surface area (Å²) in [7, 11) is 0. The summed E-state index contributed by atoms with van der Waals surface area (Å²) in [5.74, 6) is 2.29. The Morgan fingerprint density at radius 1 is 1.11 bits per heavy atom. The van der Waals surface area contributed by atoms with Gasteiger partial charge in [0.05, 0.1) is 19.0 Å². The van der Waals surface area contributed by atoms with Crippen LogP contribution in [-0.4, -0.2) is 36.3 Å². The van der Waals surface area contributed by atoms with E-state index in [0.717, 1.165) is 44.2 Å². The average Bonchev–Trinajstić information content (AvgIpc) is 2.40. The highest BCUT2D eigenvalue weighted by molar-refractivity contribution is 5.41. The first-order valence-electron chi connectivity index (χ1n) is 7.10. The van der Waals surface area contributed by atoms with Crippen molar-refractivity contribution in [1.82, 2.24) is 9.97 Å². The molecule has 0 radical (unpaired) electrons. The lowest BCUT2D eigenvalue weighted by molar-refractivity contribution is 0.132. The fourth-order valence-corrected chi connectivity index (χ4v) is 1.46. The van der Waals surface area contributed by atoms with Gasteiger partial charge in [-0.2, -0.15) is 0 Å². The molecule has 0 aliphatic heterocycles. The van der Waals surface area contributed by atoms with Crippen LogP contribution >= 0.6 is 0 Å². The molecule has 0 fully saturated rings. The Bertz CT molecular complexity index is 344. The lowest BCUT2D eigenvalue weighted by atomic mass is 10.1. The van der Waals surface area contributed by atoms with E-state index in [9.17, 15) is 0 Å². The summed E-state index contributed by atoms with van der Waals surface area (Å²) in [5, 5.41) is 6.42. The quantitative estimate of drug-likeness (QED) is 0.638. The topological polar surface area (TPSA) is 59.1 Å². The minimum absolute atomic E-state index is 0.695. The molecular formula is C14H26N4O. The molecule has 1 aromatic rings. The van der Waals surface area contributed by atoms with Crippen molar-refractivity contribution in [1.29, 1.82) is 0 Å². The molecule has 0 aliphatic carbocycles. The number of hydrogen-bond acceptors (Lipinski definition) is 5. The summed E-state index contributed by atoms with van der Waals surface area (Å²) in [4.78, 5) is 8.56. The summed E-state index contributed by atoms with van der Waals surface area (Å²) in [6.45, 7) is 9.71. The van der Waals surface area contributed by atoms with Crippen molar-refractivity contribution in [3.63, 3.8) is 0 Å². The lowest BCUT2D eigenvalue weighted by Crippen LogP contribution is -2.12. The minimum atomic E-state index is 0.695. The fourth-order valence-electron chi connectivity index (χ4n) is 1.46. The van der Waals surface area contributed by atoms with E-state index in [0.29, 0.717) is 12.5 Å². The molecule has 1 heterocycles. The van der Waals surface area contributed by atoms with Gasteiger partial charge in [-0.05, 0) is 18.8 Å². The third kappa shape index (κ3) is 7.62. The van der Waals surface area contributed by atoms with Crippen molar-refractivity contribution >= 4 is 11.6 Å². The van der Waals surface area contributed by atoms with Crippen molar-refractivity contribution in [3.8, 4) is 0 Å². The molecule has 0 aromatic carbocycles. The monoisotopic (exact) mass is 266 g/mol. The summed E-state index contributed by atoms with van der Waals surface area (Å²) in [5.41, 5.74) is 0. The Morgan fingerprint density at radius 3 is 2.42 bits per heavy atom. The zero-order chi connectivity index (χ0) is 13.9. The number of ether oxygens (including phenoxy) is 1. The predicted molar refractivity (Wildman–Crippen MR) is 79.6 cm³/mol. The van der Waals surface area contributed by atoms with Crippen LogP contribution < -0.4 is 10.6 Å². The van der Waals surface area contributed by atoms with Crippen LogP contribution in [0.25, 0.3) is 0 Å². The molecular weight excluding hydrogens is 240 g/mol. The second-order valence-electron chi connectivity index (χ2n) is 4.94. The summed E-state index contributed by atoms with van der Waals surface area (Å²) in [6, 6.07) is 0. The second-order valence-corrected chi connectivity index (χ2v) is 4.94. The molecule has 0 aliphatic rings. The van der Waals surface area contributed by atoms with E-state index in [1.165, 1.54) is 0 Å². The van der Waals surface area contributed by atoms with Gasteiger partial charge >= 0.3 is 0 Å². The Labute approximate surface area is 116 Å². The fraction of sp³-hybridized carbons (Fsp3) is 0.714. The van der Waals surface area contributed by atoms with Gasteiger partial charge in [-0.3, -0.25) is 4.98 Å². The van der Waals surface area contributed by atoms with Crippen LogP contribution in [-0.2, 0) is 4.74 Å². The normalized spacial score (nSPS) is 10.7. The van der Waals surface area contributed by atoms with Crippen molar-refractivity contribution in [2.24, 2.45) is 5.92 Å². The molecule has 19 heavy (non-hydrogen) atoms. The van der Waals surface area contributed by atoms with Crippen LogP contribution in [0.15, 0.2) is 12.4 Å². The van der Waals surface area contributed by atoms with Crippen molar-refractivity contribution in [2.45, 2.75) is 33.6 Å². The van der Waals surface area contributed by atoms with Crippen LogP contribution in [0.3, 0.4) is 0 Å². The standard InChI is InChI=1S/C14H26N4O/c1-4-6-16-13-10-15-11-14(18-13)17-7-9-19-8-5-12(2)3/h10-12H,4-9H2,1-3H3,(H2,16,17,18). The molecule has 0 saturated heterocycles. The number of nitrogens with one attached hydrogen (secondary N) is 2. The molecule has 0 atom stereocenters. The van der Waals surface area contributed by atoms with E-state index in [1.54, 1.807) is 12.4 Å². The van der Waals surface area contributed by atoms with Crippen molar-refractivity contribution < 1.29 is 4.74 Å². The molecule has 108 valence electrons. The summed E-state index contributed by atoms with van der Waals surface area (Å²) >= 11 is 0. The third-order valence-electron chi connectivity index (χ3n) is 2.58. The van der Waals surface area contributed by atoms with Crippen LogP contribution in [0.5, 0.6) is 0 Å². The van der Waals surface area contributed by atoms with Gasteiger partial charge in [0, 0.05) is 19.7 Å². The highest BCUT2D eigenvalue weighted by atomic mass is 16.5. The van der Waals surface area contributed by atoms with Gasteiger partial charge in [-0.25, -0.2) is 4.98 Å². The van der Waals surface area contributed by atoms with Gasteiger partial charge in [0.2, 0.25) is 0 Å². The van der Waals surface area contributed by atoms with Gasteiger partial charge in [0.25, 0.3) is 0 Å². The Morgan fingerprint density at radius 2 is 1.79 bits per heavy atom. The Balaban J connectivity index is 2.18. The van der Waals surface area contributed by atoms with E-state index in [1.807, 2.05) is 0 Å². The number of aromatic nitrogens is 2. The lowest BCUT2D eigenvalue weighted by Gasteiger charge is -2.09. The second kappa shape index (κ2) is 9.55. The Hall–Kier alpha value is -1.36. The van der Waals surface area contributed by atoms with E-state index in [4.69, 9.17) is 4.74 Å². The van der Waals surface area contributed by atoms with Crippen LogP contribution in [0.1, 0.15) is 33.6 Å². The van der Waals surface area contributed by atoms with Gasteiger partial charge in [-0.1, -0.05) is 20.8 Å². The Kier molecular flexibility index (Phi) is 7.89. The molecule has 5 nitrogen and oxygen atoms in total. The van der Waals surface area contributed by atoms with Crippen LogP contribution in [0.4, 0.5) is 11.6 Å². The molecule has 0 saturated carbocycles. The smallest absolute Gasteiger partial charge is 0.147 e. The van der Waals surface area contributed by atoms with Crippen LogP contribution in [0.2, 0.25) is 0 Å². The van der Waals surface area contributed by atoms with E-state index >= 15 is 0 Å². The number of nitrogens with zero attached hydrogens (tertiary/aromatic N) is 2. The van der Waals surface area contributed by atoms with Gasteiger partial charge in [0.15, 0.2) is 0 Å². The van der Waals surface area contributed by atoms with Crippen molar-refractivity contribution in [3.05, 3.63) is 12.4 Å². The maximum absolute atomic E-state index is 5.54.